The van der Waals surface area contributed by atoms with E-state index in [1.807, 2.05) is 43.3 Å². The molecule has 0 aromatic heterocycles. The second kappa shape index (κ2) is 5.88. The molecule has 2 aromatic rings. The van der Waals surface area contributed by atoms with Crippen molar-refractivity contribution in [3.05, 3.63) is 65.2 Å². The van der Waals surface area contributed by atoms with Crippen LogP contribution in [0.5, 0.6) is 5.75 Å². The van der Waals surface area contributed by atoms with E-state index < -0.39 is 0 Å². The molecule has 0 N–H and O–H groups in total. The molecule has 0 heterocycles. The van der Waals surface area contributed by atoms with Gasteiger partial charge in [0.2, 0.25) is 0 Å². The maximum atomic E-state index is 8.74. The Bertz CT molecular complexity index is 535. The maximum absolute atomic E-state index is 8.74. The molecular weight excluding hydrogens is 222 g/mol. The van der Waals surface area contributed by atoms with Crippen LogP contribution >= 0.6 is 0 Å². The molecule has 0 saturated carbocycles. The van der Waals surface area contributed by atoms with Crippen molar-refractivity contribution in [3.8, 4) is 11.8 Å². The Labute approximate surface area is 107 Å². The molecule has 0 aliphatic carbocycles. The molecule has 0 aliphatic heterocycles. The quantitative estimate of drug-likeness (QED) is 0.814. The molecule has 90 valence electrons. The number of hydrogen-bond donors (Lipinski definition) is 0. The summed E-state index contributed by atoms with van der Waals surface area (Å²) in [5.41, 5.74) is 3.15. The van der Waals surface area contributed by atoms with E-state index in [0.717, 1.165) is 12.2 Å². The number of nitriles is 1. The van der Waals surface area contributed by atoms with Crippen molar-refractivity contribution in [2.24, 2.45) is 0 Å². The fourth-order valence-corrected chi connectivity index (χ4v) is 1.80. The monoisotopic (exact) mass is 237 g/mol. The van der Waals surface area contributed by atoms with Crippen LogP contribution in [0.1, 0.15) is 23.6 Å². The summed E-state index contributed by atoms with van der Waals surface area (Å²) in [6, 6.07) is 17.9. The number of rotatable bonds is 4. The number of hydrogen-bond acceptors (Lipinski definition) is 2. The van der Waals surface area contributed by atoms with Crippen molar-refractivity contribution in [1.29, 1.82) is 5.26 Å². The summed E-state index contributed by atoms with van der Waals surface area (Å²) in [5, 5.41) is 8.74. The second-order valence-electron chi connectivity index (χ2n) is 4.06. The Balaban J connectivity index is 2.06. The molecule has 0 aliphatic rings. The van der Waals surface area contributed by atoms with Crippen molar-refractivity contribution >= 4 is 0 Å². The van der Waals surface area contributed by atoms with Gasteiger partial charge in [0.25, 0.3) is 0 Å². The van der Waals surface area contributed by atoms with Gasteiger partial charge < -0.3 is 4.74 Å². The van der Waals surface area contributed by atoms with Crippen LogP contribution in [0.25, 0.3) is 0 Å². The average molecular weight is 237 g/mol. The largest absolute Gasteiger partial charge is 0.494 e. The molecule has 0 spiro atoms. The standard InChI is InChI=1S/C16H15NO/c1-2-18-16-9-7-14(8-10-16)11-13-3-5-15(12-17)6-4-13/h3-10H,2,11H2,1H3. The third-order valence-electron chi connectivity index (χ3n) is 2.73. The van der Waals surface area contributed by atoms with E-state index in [-0.39, 0.29) is 0 Å². The zero-order valence-electron chi connectivity index (χ0n) is 10.4. The van der Waals surface area contributed by atoms with E-state index in [0.29, 0.717) is 12.2 Å². The summed E-state index contributed by atoms with van der Waals surface area (Å²) in [6.07, 6.45) is 0.873. The molecule has 0 radical (unpaired) electrons. The topological polar surface area (TPSA) is 33.0 Å². The lowest BCUT2D eigenvalue weighted by Crippen LogP contribution is -1.92. The van der Waals surface area contributed by atoms with E-state index in [2.05, 4.69) is 18.2 Å². The summed E-state index contributed by atoms with van der Waals surface area (Å²) >= 11 is 0. The van der Waals surface area contributed by atoms with Gasteiger partial charge in [-0.05, 0) is 48.7 Å². The predicted molar refractivity (Wildman–Crippen MR) is 71.6 cm³/mol. The summed E-state index contributed by atoms with van der Waals surface area (Å²) in [7, 11) is 0. The zero-order chi connectivity index (χ0) is 12.8. The first-order valence-electron chi connectivity index (χ1n) is 6.02. The number of benzene rings is 2. The molecule has 0 amide bonds. The van der Waals surface area contributed by atoms with Crippen molar-refractivity contribution in [2.45, 2.75) is 13.3 Å². The van der Waals surface area contributed by atoms with Gasteiger partial charge >= 0.3 is 0 Å². The molecule has 0 atom stereocenters. The van der Waals surface area contributed by atoms with Gasteiger partial charge in [-0.1, -0.05) is 24.3 Å². The highest BCUT2D eigenvalue weighted by atomic mass is 16.5. The van der Waals surface area contributed by atoms with Gasteiger partial charge in [-0.15, -0.1) is 0 Å². The highest BCUT2D eigenvalue weighted by molar-refractivity contribution is 5.35. The van der Waals surface area contributed by atoms with E-state index >= 15 is 0 Å². The lowest BCUT2D eigenvalue weighted by Gasteiger charge is -2.05. The Morgan fingerprint density at radius 2 is 1.50 bits per heavy atom. The lowest BCUT2D eigenvalue weighted by atomic mass is 10.0. The Hall–Kier alpha value is -2.27. The van der Waals surface area contributed by atoms with Gasteiger partial charge in [-0.3, -0.25) is 0 Å². The predicted octanol–water partition coefficient (Wildman–Crippen LogP) is 3.55. The lowest BCUT2D eigenvalue weighted by molar-refractivity contribution is 0.340. The molecule has 2 aromatic carbocycles. The number of nitrogens with zero attached hydrogens (tertiary/aromatic N) is 1. The fourth-order valence-electron chi connectivity index (χ4n) is 1.80. The molecule has 2 rings (SSSR count). The second-order valence-corrected chi connectivity index (χ2v) is 4.06. The third-order valence-corrected chi connectivity index (χ3v) is 2.73. The molecular formula is C16H15NO. The summed E-state index contributed by atoms with van der Waals surface area (Å²) in [5.74, 6) is 0.904. The van der Waals surface area contributed by atoms with Gasteiger partial charge in [0.1, 0.15) is 5.75 Å². The first-order valence-corrected chi connectivity index (χ1v) is 6.02. The van der Waals surface area contributed by atoms with Crippen LogP contribution in [-0.4, -0.2) is 6.61 Å². The summed E-state index contributed by atoms with van der Waals surface area (Å²) in [4.78, 5) is 0. The molecule has 0 bridgehead atoms. The normalized spacial score (nSPS) is 9.78. The van der Waals surface area contributed by atoms with Crippen molar-refractivity contribution in [1.82, 2.24) is 0 Å². The molecule has 0 fully saturated rings. The fraction of sp³-hybridized carbons (Fsp3) is 0.188. The maximum Gasteiger partial charge on any atom is 0.119 e. The van der Waals surface area contributed by atoms with Crippen molar-refractivity contribution < 1.29 is 4.74 Å². The van der Waals surface area contributed by atoms with Crippen LogP contribution < -0.4 is 4.74 Å². The van der Waals surface area contributed by atoms with Crippen LogP contribution in [0.3, 0.4) is 0 Å². The number of ether oxygens (including phenoxy) is 1. The minimum atomic E-state index is 0.689. The third kappa shape index (κ3) is 3.11. The highest BCUT2D eigenvalue weighted by Crippen LogP contribution is 2.15. The van der Waals surface area contributed by atoms with Crippen LogP contribution in [0.2, 0.25) is 0 Å². The minimum absolute atomic E-state index is 0.689. The summed E-state index contributed by atoms with van der Waals surface area (Å²) in [6.45, 7) is 2.67. The van der Waals surface area contributed by atoms with E-state index in [1.54, 1.807) is 0 Å². The minimum Gasteiger partial charge on any atom is -0.494 e. The Kier molecular flexibility index (Phi) is 3.98. The van der Waals surface area contributed by atoms with Gasteiger partial charge in [0.05, 0.1) is 18.2 Å². The zero-order valence-corrected chi connectivity index (χ0v) is 10.4. The summed E-state index contributed by atoms with van der Waals surface area (Å²) < 4.78 is 5.41. The van der Waals surface area contributed by atoms with Crippen molar-refractivity contribution in [3.63, 3.8) is 0 Å². The first-order chi connectivity index (χ1) is 8.81. The van der Waals surface area contributed by atoms with Crippen LogP contribution in [0, 0.1) is 11.3 Å². The van der Waals surface area contributed by atoms with Crippen LogP contribution in [0.15, 0.2) is 48.5 Å². The first kappa shape index (κ1) is 12.2. The Morgan fingerprint density at radius 1 is 0.944 bits per heavy atom. The molecule has 2 heteroatoms. The van der Waals surface area contributed by atoms with Crippen LogP contribution in [0.4, 0.5) is 0 Å². The van der Waals surface area contributed by atoms with Gasteiger partial charge in [0, 0.05) is 0 Å². The van der Waals surface area contributed by atoms with Gasteiger partial charge in [-0.2, -0.15) is 5.26 Å². The van der Waals surface area contributed by atoms with Crippen molar-refractivity contribution in [2.75, 3.05) is 6.61 Å². The SMILES string of the molecule is CCOc1ccc(Cc2ccc(C#N)cc2)cc1. The molecule has 0 unspecified atom stereocenters. The highest BCUT2D eigenvalue weighted by Gasteiger charge is 1.98. The molecule has 2 nitrogen and oxygen atoms in total. The smallest absolute Gasteiger partial charge is 0.119 e. The molecule has 18 heavy (non-hydrogen) atoms. The van der Waals surface area contributed by atoms with Crippen LogP contribution in [-0.2, 0) is 6.42 Å². The van der Waals surface area contributed by atoms with E-state index in [1.165, 1.54) is 11.1 Å². The van der Waals surface area contributed by atoms with E-state index in [9.17, 15) is 0 Å². The molecule has 0 saturated heterocycles. The Morgan fingerprint density at radius 3 is 2.00 bits per heavy atom. The average Bonchev–Trinajstić information content (AvgIpc) is 2.42. The van der Waals surface area contributed by atoms with Gasteiger partial charge in [-0.25, -0.2) is 0 Å². The van der Waals surface area contributed by atoms with Gasteiger partial charge in [0.15, 0.2) is 0 Å². The van der Waals surface area contributed by atoms with E-state index in [4.69, 9.17) is 10.00 Å².